The average molecular weight is 237 g/mol. The molecule has 0 aromatic carbocycles. The van der Waals surface area contributed by atoms with Crippen molar-refractivity contribution in [2.75, 3.05) is 19.0 Å². The van der Waals surface area contributed by atoms with E-state index in [0.29, 0.717) is 22.7 Å². The van der Waals surface area contributed by atoms with Crippen LogP contribution in [0.15, 0.2) is 12.4 Å². The second-order valence-electron chi connectivity index (χ2n) is 2.99. The van der Waals surface area contributed by atoms with E-state index < -0.39 is 0 Å². The zero-order chi connectivity index (χ0) is 11.5. The van der Waals surface area contributed by atoms with Crippen molar-refractivity contribution < 1.29 is 9.53 Å². The molecule has 0 fully saturated rings. The Morgan fingerprint density at radius 1 is 1.50 bits per heavy atom. The Hall–Kier alpha value is -1.69. The predicted octanol–water partition coefficient (Wildman–Crippen LogP) is 1.91. The largest absolute Gasteiger partial charge is 0.462 e. The second-order valence-corrected chi connectivity index (χ2v) is 3.99. The molecule has 0 spiro atoms. The lowest BCUT2D eigenvalue weighted by Crippen LogP contribution is -2.05. The lowest BCUT2D eigenvalue weighted by Gasteiger charge is -2.02. The summed E-state index contributed by atoms with van der Waals surface area (Å²) in [5, 5.41) is 2.96. The van der Waals surface area contributed by atoms with Gasteiger partial charge in [0.15, 0.2) is 0 Å². The smallest absolute Gasteiger partial charge is 0.350 e. The van der Waals surface area contributed by atoms with E-state index in [1.165, 1.54) is 11.3 Å². The quantitative estimate of drug-likeness (QED) is 0.826. The van der Waals surface area contributed by atoms with Crippen LogP contribution in [0, 0.1) is 0 Å². The van der Waals surface area contributed by atoms with Crippen LogP contribution in [0.4, 0.5) is 5.69 Å². The van der Waals surface area contributed by atoms with Crippen molar-refractivity contribution >= 4 is 33.3 Å². The van der Waals surface area contributed by atoms with Gasteiger partial charge in [0.1, 0.15) is 15.2 Å². The van der Waals surface area contributed by atoms with Crippen LogP contribution >= 0.6 is 11.3 Å². The Kier molecular flexibility index (Phi) is 3.00. The summed E-state index contributed by atoms with van der Waals surface area (Å²) >= 11 is 1.29. The lowest BCUT2D eigenvalue weighted by molar-refractivity contribution is 0.0533. The van der Waals surface area contributed by atoms with E-state index in [9.17, 15) is 4.79 Å². The highest BCUT2D eigenvalue weighted by molar-refractivity contribution is 7.21. The van der Waals surface area contributed by atoms with Gasteiger partial charge in [-0.05, 0) is 6.92 Å². The summed E-state index contributed by atoms with van der Waals surface area (Å²) in [6.45, 7) is 2.14. The third-order valence-electron chi connectivity index (χ3n) is 2.04. The highest BCUT2D eigenvalue weighted by Gasteiger charge is 2.19. The van der Waals surface area contributed by atoms with Gasteiger partial charge < -0.3 is 10.1 Å². The Morgan fingerprint density at radius 3 is 2.94 bits per heavy atom. The van der Waals surface area contributed by atoms with Gasteiger partial charge in [0.05, 0.1) is 12.3 Å². The number of anilines is 1. The topological polar surface area (TPSA) is 64.1 Å². The number of esters is 1. The van der Waals surface area contributed by atoms with E-state index in [1.807, 2.05) is 0 Å². The molecule has 0 aliphatic rings. The first-order chi connectivity index (χ1) is 7.77. The molecule has 0 amide bonds. The minimum atomic E-state index is -0.336. The van der Waals surface area contributed by atoms with E-state index >= 15 is 0 Å². The van der Waals surface area contributed by atoms with E-state index in [2.05, 4.69) is 15.3 Å². The summed E-state index contributed by atoms with van der Waals surface area (Å²) in [5.41, 5.74) is 1.39. The molecule has 6 heteroatoms. The fourth-order valence-corrected chi connectivity index (χ4v) is 2.40. The first-order valence-corrected chi connectivity index (χ1v) is 5.68. The molecule has 2 heterocycles. The molecule has 0 atom stereocenters. The number of hydrogen-bond donors (Lipinski definition) is 1. The number of thiophene rings is 1. The van der Waals surface area contributed by atoms with Gasteiger partial charge in [-0.3, -0.25) is 0 Å². The monoisotopic (exact) mass is 237 g/mol. The summed E-state index contributed by atoms with van der Waals surface area (Å²) in [4.78, 5) is 21.3. The van der Waals surface area contributed by atoms with Gasteiger partial charge in [-0.1, -0.05) is 0 Å². The zero-order valence-corrected chi connectivity index (χ0v) is 9.80. The van der Waals surface area contributed by atoms with Crippen LogP contribution in [0.25, 0.3) is 10.3 Å². The van der Waals surface area contributed by atoms with Crippen LogP contribution in [-0.4, -0.2) is 29.6 Å². The van der Waals surface area contributed by atoms with Crippen molar-refractivity contribution in [2.45, 2.75) is 6.92 Å². The van der Waals surface area contributed by atoms with E-state index in [0.717, 1.165) is 4.83 Å². The maximum Gasteiger partial charge on any atom is 0.350 e. The van der Waals surface area contributed by atoms with E-state index in [1.54, 1.807) is 26.4 Å². The molecule has 0 aliphatic carbocycles. The Bertz CT molecular complexity index is 524. The summed E-state index contributed by atoms with van der Waals surface area (Å²) in [6.07, 6.45) is 3.21. The summed E-state index contributed by atoms with van der Waals surface area (Å²) in [5.74, 6) is -0.336. The number of fused-ring (bicyclic) bond motifs is 1. The standard InChI is InChI=1S/C10H11N3O2S/c1-3-15-10(14)8-6(11-2)7-9(16-8)13-5-4-12-7/h4-5,11H,3H2,1-2H3. The zero-order valence-electron chi connectivity index (χ0n) is 8.98. The van der Waals surface area contributed by atoms with Crippen molar-refractivity contribution in [3.63, 3.8) is 0 Å². The molecule has 0 saturated heterocycles. The molecule has 1 N–H and O–H groups in total. The van der Waals surface area contributed by atoms with Crippen molar-refractivity contribution in [3.8, 4) is 0 Å². The number of hydrogen-bond acceptors (Lipinski definition) is 6. The maximum absolute atomic E-state index is 11.7. The Balaban J connectivity index is 2.56. The van der Waals surface area contributed by atoms with Crippen LogP contribution < -0.4 is 5.32 Å². The summed E-state index contributed by atoms with van der Waals surface area (Å²) in [7, 11) is 1.75. The molecule has 0 saturated carbocycles. The molecule has 0 radical (unpaired) electrons. The number of rotatable bonds is 3. The Labute approximate surface area is 96.5 Å². The van der Waals surface area contributed by atoms with Gasteiger partial charge >= 0.3 is 5.97 Å². The average Bonchev–Trinajstić information content (AvgIpc) is 2.67. The predicted molar refractivity (Wildman–Crippen MR) is 62.9 cm³/mol. The molecular formula is C10H11N3O2S. The number of nitrogens with one attached hydrogen (secondary N) is 1. The number of carbonyl (C=O) groups excluding carboxylic acids is 1. The fraction of sp³-hybridized carbons (Fsp3) is 0.300. The first-order valence-electron chi connectivity index (χ1n) is 4.86. The van der Waals surface area contributed by atoms with Gasteiger partial charge in [0, 0.05) is 19.4 Å². The van der Waals surface area contributed by atoms with Gasteiger partial charge in [-0.2, -0.15) is 0 Å². The number of nitrogens with zero attached hydrogens (tertiary/aromatic N) is 2. The van der Waals surface area contributed by atoms with Gasteiger partial charge in [-0.25, -0.2) is 14.8 Å². The first kappa shape index (κ1) is 10.8. The van der Waals surface area contributed by atoms with Gasteiger partial charge in [0.25, 0.3) is 0 Å². The molecule has 84 valence electrons. The third-order valence-corrected chi connectivity index (χ3v) is 3.11. The van der Waals surface area contributed by atoms with Crippen LogP contribution in [-0.2, 0) is 4.74 Å². The molecule has 0 aliphatic heterocycles. The minimum absolute atomic E-state index is 0.336. The van der Waals surface area contributed by atoms with Crippen LogP contribution in [0.5, 0.6) is 0 Å². The van der Waals surface area contributed by atoms with E-state index in [-0.39, 0.29) is 5.97 Å². The van der Waals surface area contributed by atoms with Gasteiger partial charge in [-0.15, -0.1) is 11.3 Å². The SMILES string of the molecule is CCOC(=O)c1sc2nccnc2c1NC. The highest BCUT2D eigenvalue weighted by atomic mass is 32.1. The lowest BCUT2D eigenvalue weighted by atomic mass is 10.3. The van der Waals surface area contributed by atoms with Crippen molar-refractivity contribution in [1.29, 1.82) is 0 Å². The molecule has 5 nitrogen and oxygen atoms in total. The molecule has 0 bridgehead atoms. The summed E-state index contributed by atoms with van der Waals surface area (Å²) < 4.78 is 4.98. The molecule has 0 unspecified atom stereocenters. The van der Waals surface area contributed by atoms with Crippen molar-refractivity contribution in [1.82, 2.24) is 9.97 Å². The molecular weight excluding hydrogens is 226 g/mol. The normalized spacial score (nSPS) is 10.4. The maximum atomic E-state index is 11.7. The van der Waals surface area contributed by atoms with Crippen LogP contribution in [0.2, 0.25) is 0 Å². The second kappa shape index (κ2) is 4.44. The number of aromatic nitrogens is 2. The van der Waals surface area contributed by atoms with Crippen molar-refractivity contribution in [3.05, 3.63) is 17.3 Å². The van der Waals surface area contributed by atoms with Gasteiger partial charge in [0.2, 0.25) is 0 Å². The van der Waals surface area contributed by atoms with E-state index in [4.69, 9.17) is 4.74 Å². The number of ether oxygens (including phenoxy) is 1. The summed E-state index contributed by atoms with van der Waals surface area (Å²) in [6, 6.07) is 0. The number of carbonyl (C=O) groups is 1. The highest BCUT2D eigenvalue weighted by Crippen LogP contribution is 2.33. The Morgan fingerprint density at radius 2 is 2.25 bits per heavy atom. The minimum Gasteiger partial charge on any atom is -0.462 e. The third kappa shape index (κ3) is 1.71. The molecule has 2 aromatic rings. The fourth-order valence-electron chi connectivity index (χ4n) is 1.40. The van der Waals surface area contributed by atoms with Crippen LogP contribution in [0.3, 0.4) is 0 Å². The molecule has 2 aromatic heterocycles. The van der Waals surface area contributed by atoms with Crippen molar-refractivity contribution in [2.24, 2.45) is 0 Å². The molecule has 2 rings (SSSR count). The molecule has 16 heavy (non-hydrogen) atoms. The van der Waals surface area contributed by atoms with Crippen LogP contribution in [0.1, 0.15) is 16.6 Å².